The first-order valence-electron chi connectivity index (χ1n) is 5.81. The van der Waals surface area contributed by atoms with E-state index in [1.165, 1.54) is 19.4 Å². The van der Waals surface area contributed by atoms with E-state index >= 15 is 0 Å². The third-order valence-electron chi connectivity index (χ3n) is 3.57. The number of rotatable bonds is 4. The highest BCUT2D eigenvalue weighted by Gasteiger charge is 2.38. The molecule has 84 valence electrons. The van der Waals surface area contributed by atoms with Crippen LogP contribution in [-0.2, 0) is 0 Å². The maximum absolute atomic E-state index is 3.22. The lowest BCUT2D eigenvalue weighted by molar-refractivity contribution is 0.202. The number of likely N-dealkylation sites (N-methyl/N-ethyl adjacent to an activating group) is 2. The molecule has 0 aromatic carbocycles. The summed E-state index contributed by atoms with van der Waals surface area (Å²) in [6, 6.07) is 0.790. The van der Waals surface area contributed by atoms with E-state index in [2.05, 4.69) is 38.0 Å². The van der Waals surface area contributed by atoms with Gasteiger partial charge in [-0.3, -0.25) is 0 Å². The molecule has 1 aliphatic carbocycles. The number of nitrogens with one attached hydrogen (secondary N) is 1. The van der Waals surface area contributed by atoms with Gasteiger partial charge in [-0.25, -0.2) is 0 Å². The predicted molar refractivity (Wildman–Crippen MR) is 62.5 cm³/mol. The summed E-state index contributed by atoms with van der Waals surface area (Å²) in [6.07, 6.45) is 2.73. The van der Waals surface area contributed by atoms with Gasteiger partial charge in [0, 0.05) is 19.1 Å². The molecule has 1 N–H and O–H groups in total. The van der Waals surface area contributed by atoms with Gasteiger partial charge in [0.25, 0.3) is 0 Å². The molecule has 14 heavy (non-hydrogen) atoms. The highest BCUT2D eigenvalue weighted by molar-refractivity contribution is 4.91. The fourth-order valence-corrected chi connectivity index (χ4v) is 2.90. The van der Waals surface area contributed by atoms with E-state index in [9.17, 15) is 0 Å². The van der Waals surface area contributed by atoms with Gasteiger partial charge in [0.05, 0.1) is 0 Å². The summed E-state index contributed by atoms with van der Waals surface area (Å²) in [5, 5.41) is 3.22. The Bertz CT molecular complexity index is 177. The molecule has 0 aliphatic heterocycles. The van der Waals surface area contributed by atoms with Gasteiger partial charge in [-0.15, -0.1) is 0 Å². The Kier molecular flexibility index (Phi) is 3.96. The first-order valence-corrected chi connectivity index (χ1v) is 5.81. The Morgan fingerprint density at radius 2 is 2.00 bits per heavy atom. The van der Waals surface area contributed by atoms with Gasteiger partial charge in [-0.1, -0.05) is 20.8 Å². The molecule has 1 aliphatic rings. The minimum absolute atomic E-state index is 0.554. The first-order chi connectivity index (χ1) is 6.46. The Morgan fingerprint density at radius 1 is 1.36 bits per heavy atom. The summed E-state index contributed by atoms with van der Waals surface area (Å²) in [4.78, 5) is 2.52. The molecule has 0 heterocycles. The second-order valence-corrected chi connectivity index (χ2v) is 5.70. The van der Waals surface area contributed by atoms with Crippen LogP contribution in [0.2, 0.25) is 0 Å². The molecule has 2 unspecified atom stereocenters. The Labute approximate surface area is 89.1 Å². The van der Waals surface area contributed by atoms with Crippen molar-refractivity contribution in [2.24, 2.45) is 11.3 Å². The second kappa shape index (κ2) is 4.63. The highest BCUT2D eigenvalue weighted by atomic mass is 15.1. The summed E-state index contributed by atoms with van der Waals surface area (Å²) in [5.41, 5.74) is 0.554. The van der Waals surface area contributed by atoms with Gasteiger partial charge >= 0.3 is 0 Å². The molecule has 0 spiro atoms. The third-order valence-corrected chi connectivity index (χ3v) is 3.57. The van der Waals surface area contributed by atoms with Crippen molar-refractivity contribution in [3.8, 4) is 0 Å². The van der Waals surface area contributed by atoms with Crippen LogP contribution in [0.3, 0.4) is 0 Å². The highest BCUT2D eigenvalue weighted by Crippen LogP contribution is 2.42. The van der Waals surface area contributed by atoms with Crippen LogP contribution >= 0.6 is 0 Å². The van der Waals surface area contributed by atoms with E-state index in [-0.39, 0.29) is 0 Å². The molecule has 1 fully saturated rings. The molecule has 0 aromatic rings. The third kappa shape index (κ3) is 2.96. The van der Waals surface area contributed by atoms with Gasteiger partial charge < -0.3 is 10.2 Å². The Morgan fingerprint density at radius 3 is 2.43 bits per heavy atom. The molecule has 2 heteroatoms. The lowest BCUT2D eigenvalue weighted by atomic mass is 9.91. The smallest absolute Gasteiger partial charge is 0.0124 e. The van der Waals surface area contributed by atoms with Crippen LogP contribution in [0.4, 0.5) is 0 Å². The Balaban J connectivity index is 2.44. The minimum Gasteiger partial charge on any atom is -0.318 e. The van der Waals surface area contributed by atoms with Crippen LogP contribution in [0.25, 0.3) is 0 Å². The van der Waals surface area contributed by atoms with Crippen molar-refractivity contribution in [3.05, 3.63) is 0 Å². The molecule has 0 amide bonds. The summed E-state index contributed by atoms with van der Waals surface area (Å²) >= 11 is 0. The van der Waals surface area contributed by atoms with E-state index in [1.54, 1.807) is 0 Å². The van der Waals surface area contributed by atoms with E-state index in [4.69, 9.17) is 0 Å². The molecule has 0 aromatic heterocycles. The molecule has 2 nitrogen and oxygen atoms in total. The number of hydrogen-bond donors (Lipinski definition) is 1. The van der Waals surface area contributed by atoms with Crippen molar-refractivity contribution in [1.29, 1.82) is 0 Å². The van der Waals surface area contributed by atoms with E-state index in [0.29, 0.717) is 5.41 Å². The maximum atomic E-state index is 3.22. The number of hydrogen-bond acceptors (Lipinski definition) is 2. The van der Waals surface area contributed by atoms with Crippen molar-refractivity contribution < 1.29 is 0 Å². The van der Waals surface area contributed by atoms with Crippen molar-refractivity contribution >= 4 is 0 Å². The molecule has 0 radical (unpaired) electrons. The summed E-state index contributed by atoms with van der Waals surface area (Å²) in [5.74, 6) is 0.854. The van der Waals surface area contributed by atoms with Crippen molar-refractivity contribution in [2.45, 2.75) is 39.7 Å². The summed E-state index contributed by atoms with van der Waals surface area (Å²) in [6.45, 7) is 9.46. The van der Waals surface area contributed by atoms with Crippen LogP contribution < -0.4 is 5.32 Å². The van der Waals surface area contributed by atoms with Gasteiger partial charge in [0.1, 0.15) is 0 Å². The van der Waals surface area contributed by atoms with E-state index in [1.807, 2.05) is 7.05 Å². The monoisotopic (exact) mass is 198 g/mol. The van der Waals surface area contributed by atoms with Crippen LogP contribution in [0, 0.1) is 11.3 Å². The normalized spacial score (nSPS) is 31.3. The van der Waals surface area contributed by atoms with E-state index in [0.717, 1.165) is 18.5 Å². The van der Waals surface area contributed by atoms with Crippen LogP contribution in [0.5, 0.6) is 0 Å². The van der Waals surface area contributed by atoms with Crippen molar-refractivity contribution in [1.82, 2.24) is 10.2 Å². The predicted octanol–water partition coefficient (Wildman–Crippen LogP) is 1.96. The minimum atomic E-state index is 0.554. The van der Waals surface area contributed by atoms with Crippen molar-refractivity contribution in [2.75, 3.05) is 27.2 Å². The summed E-state index contributed by atoms with van der Waals surface area (Å²) in [7, 11) is 4.29. The van der Waals surface area contributed by atoms with Gasteiger partial charge in [-0.2, -0.15) is 0 Å². The van der Waals surface area contributed by atoms with Gasteiger partial charge in [0.15, 0.2) is 0 Å². The van der Waals surface area contributed by atoms with Gasteiger partial charge in [-0.05, 0) is 38.3 Å². The lowest BCUT2D eigenvalue weighted by Crippen LogP contribution is -2.38. The average Bonchev–Trinajstić information content (AvgIpc) is 2.35. The van der Waals surface area contributed by atoms with Gasteiger partial charge in [0.2, 0.25) is 0 Å². The lowest BCUT2D eigenvalue weighted by Gasteiger charge is -2.28. The molecule has 0 saturated heterocycles. The zero-order chi connectivity index (χ0) is 10.8. The fraction of sp³-hybridized carbons (Fsp3) is 1.00. The molecule has 2 atom stereocenters. The quantitative estimate of drug-likeness (QED) is 0.743. The van der Waals surface area contributed by atoms with Crippen LogP contribution in [0.1, 0.15) is 33.6 Å². The Hall–Kier alpha value is -0.0800. The SMILES string of the molecule is CNCCN(C)C1CC(C)(C)CC1C. The van der Waals surface area contributed by atoms with Crippen LogP contribution in [0.15, 0.2) is 0 Å². The average molecular weight is 198 g/mol. The first kappa shape index (κ1) is 12.0. The largest absolute Gasteiger partial charge is 0.318 e. The van der Waals surface area contributed by atoms with Crippen molar-refractivity contribution in [3.63, 3.8) is 0 Å². The molecule has 1 rings (SSSR count). The molecule has 1 saturated carbocycles. The standard InChI is InChI=1S/C12H26N2/c1-10-8-12(2,3)9-11(10)14(5)7-6-13-4/h10-11,13H,6-9H2,1-5H3. The molecule has 0 bridgehead atoms. The topological polar surface area (TPSA) is 15.3 Å². The number of nitrogens with zero attached hydrogens (tertiary/aromatic N) is 1. The zero-order valence-corrected chi connectivity index (χ0v) is 10.4. The zero-order valence-electron chi connectivity index (χ0n) is 10.4. The van der Waals surface area contributed by atoms with Crippen LogP contribution in [-0.4, -0.2) is 38.1 Å². The molecular weight excluding hydrogens is 172 g/mol. The maximum Gasteiger partial charge on any atom is 0.0124 e. The van der Waals surface area contributed by atoms with E-state index < -0.39 is 0 Å². The summed E-state index contributed by atoms with van der Waals surface area (Å²) < 4.78 is 0. The fourth-order valence-electron chi connectivity index (χ4n) is 2.90. The molecular formula is C12H26N2. The second-order valence-electron chi connectivity index (χ2n) is 5.70.